The van der Waals surface area contributed by atoms with E-state index in [0.29, 0.717) is 12.1 Å². The van der Waals surface area contributed by atoms with E-state index in [4.69, 9.17) is 4.74 Å². The molecule has 158 valence electrons. The fourth-order valence-electron chi connectivity index (χ4n) is 4.09. The van der Waals surface area contributed by atoms with Crippen molar-refractivity contribution in [2.45, 2.75) is 19.4 Å². The molecule has 32 heavy (non-hydrogen) atoms. The third-order valence-electron chi connectivity index (χ3n) is 5.67. The summed E-state index contributed by atoms with van der Waals surface area (Å²) in [6, 6.07) is 22.1. The molecule has 0 saturated carbocycles. The summed E-state index contributed by atoms with van der Waals surface area (Å²) in [6.07, 6.45) is 5.71. The van der Waals surface area contributed by atoms with Crippen molar-refractivity contribution in [2.24, 2.45) is 0 Å². The lowest BCUT2D eigenvalue weighted by molar-refractivity contribution is 0.0933. The summed E-state index contributed by atoms with van der Waals surface area (Å²) in [6.45, 7) is 2.50. The number of amides is 1. The molecule has 1 aliphatic rings. The number of carbonyl (C=O) groups is 1. The Morgan fingerprint density at radius 3 is 2.53 bits per heavy atom. The smallest absolute Gasteiger partial charge is 0.251 e. The number of aromatic nitrogens is 2. The first kappa shape index (κ1) is 19.9. The fourth-order valence-corrected chi connectivity index (χ4v) is 4.09. The molecular weight excluding hydrogens is 398 g/mol. The molecule has 0 bridgehead atoms. The van der Waals surface area contributed by atoms with Gasteiger partial charge in [-0.05, 0) is 35.7 Å². The third kappa shape index (κ3) is 4.10. The number of hydrogen-bond donors (Lipinski definition) is 1. The molecule has 5 rings (SSSR count). The molecule has 1 aromatic heterocycles. The van der Waals surface area contributed by atoms with Crippen LogP contribution < -0.4 is 10.1 Å². The quantitative estimate of drug-likeness (QED) is 0.500. The number of hydrogen-bond acceptors (Lipinski definition) is 4. The number of nitrogens with zero attached hydrogens (tertiary/aromatic N) is 2. The van der Waals surface area contributed by atoms with Crippen LogP contribution in [0.4, 0.5) is 0 Å². The van der Waals surface area contributed by atoms with Crippen LogP contribution in [0.25, 0.3) is 22.3 Å². The summed E-state index contributed by atoms with van der Waals surface area (Å²) in [4.78, 5) is 21.0. The Balaban J connectivity index is 1.27. The van der Waals surface area contributed by atoms with E-state index in [1.54, 1.807) is 12.4 Å². The highest BCUT2D eigenvalue weighted by molar-refractivity contribution is 5.95. The van der Waals surface area contributed by atoms with Gasteiger partial charge in [-0.2, -0.15) is 0 Å². The van der Waals surface area contributed by atoms with Crippen molar-refractivity contribution in [3.63, 3.8) is 0 Å². The van der Waals surface area contributed by atoms with Crippen LogP contribution in [0.1, 0.15) is 21.5 Å². The standard InChI is InChI=1S/C27H23N3O2/c1-18-5-2-6-19(11-18)20-7-3-9-22(12-20)27(31)30-16-24-13-21-8-4-10-25(26(21)32-24)23-14-28-17-29-15-23/h2-12,14-15,17,24H,13,16H2,1H3,(H,30,31). The molecule has 1 unspecified atom stereocenters. The molecule has 0 spiro atoms. The number of rotatable bonds is 5. The average molecular weight is 422 g/mol. The van der Waals surface area contributed by atoms with Gasteiger partial charge in [-0.1, -0.05) is 60.2 Å². The van der Waals surface area contributed by atoms with E-state index in [2.05, 4.69) is 46.5 Å². The predicted octanol–water partition coefficient (Wildman–Crippen LogP) is 4.85. The number of nitrogens with one attached hydrogen (secondary N) is 1. The van der Waals surface area contributed by atoms with Crippen molar-refractivity contribution in [3.8, 4) is 28.0 Å². The maximum Gasteiger partial charge on any atom is 0.251 e. The Bertz CT molecular complexity index is 1270. The maximum absolute atomic E-state index is 12.8. The van der Waals surface area contributed by atoms with Gasteiger partial charge in [0.1, 0.15) is 18.2 Å². The summed E-state index contributed by atoms with van der Waals surface area (Å²) >= 11 is 0. The molecule has 3 aromatic carbocycles. The van der Waals surface area contributed by atoms with Gasteiger partial charge in [0.25, 0.3) is 5.91 Å². The van der Waals surface area contributed by atoms with Crippen LogP contribution in [0.2, 0.25) is 0 Å². The average Bonchev–Trinajstić information content (AvgIpc) is 3.26. The molecule has 5 nitrogen and oxygen atoms in total. The van der Waals surface area contributed by atoms with Crippen molar-refractivity contribution in [1.29, 1.82) is 0 Å². The van der Waals surface area contributed by atoms with Crippen molar-refractivity contribution < 1.29 is 9.53 Å². The zero-order chi connectivity index (χ0) is 21.9. The minimum Gasteiger partial charge on any atom is -0.487 e. The van der Waals surface area contributed by atoms with Crippen LogP contribution in [0.3, 0.4) is 0 Å². The topological polar surface area (TPSA) is 64.1 Å². The zero-order valence-corrected chi connectivity index (χ0v) is 17.8. The summed E-state index contributed by atoms with van der Waals surface area (Å²) < 4.78 is 6.21. The van der Waals surface area contributed by atoms with E-state index >= 15 is 0 Å². The van der Waals surface area contributed by atoms with E-state index in [1.807, 2.05) is 42.5 Å². The lowest BCUT2D eigenvalue weighted by Crippen LogP contribution is -2.34. The molecule has 2 heterocycles. The second-order valence-electron chi connectivity index (χ2n) is 8.03. The van der Waals surface area contributed by atoms with E-state index < -0.39 is 0 Å². The Kier molecular flexibility index (Phi) is 5.38. The van der Waals surface area contributed by atoms with E-state index in [0.717, 1.165) is 40.0 Å². The van der Waals surface area contributed by atoms with Gasteiger partial charge in [0.05, 0.1) is 6.54 Å². The lowest BCUT2D eigenvalue weighted by Gasteiger charge is -2.14. The van der Waals surface area contributed by atoms with Gasteiger partial charge in [0, 0.05) is 35.5 Å². The number of carbonyl (C=O) groups excluding carboxylic acids is 1. The first-order chi connectivity index (χ1) is 15.7. The first-order valence-electron chi connectivity index (χ1n) is 10.7. The summed E-state index contributed by atoms with van der Waals surface area (Å²) in [5, 5.41) is 3.04. The summed E-state index contributed by atoms with van der Waals surface area (Å²) in [7, 11) is 0. The summed E-state index contributed by atoms with van der Waals surface area (Å²) in [5.41, 5.74) is 6.99. The minimum atomic E-state index is -0.111. The Labute approximate surface area is 187 Å². The molecular formula is C27H23N3O2. The highest BCUT2D eigenvalue weighted by Crippen LogP contribution is 2.38. The second-order valence-corrected chi connectivity index (χ2v) is 8.03. The van der Waals surface area contributed by atoms with Crippen molar-refractivity contribution in [2.75, 3.05) is 6.54 Å². The minimum absolute atomic E-state index is 0.101. The van der Waals surface area contributed by atoms with Crippen LogP contribution in [-0.2, 0) is 6.42 Å². The molecule has 0 saturated heterocycles. The molecule has 0 fully saturated rings. The monoisotopic (exact) mass is 421 g/mol. The van der Waals surface area contributed by atoms with E-state index in [9.17, 15) is 4.79 Å². The first-order valence-corrected chi connectivity index (χ1v) is 10.7. The van der Waals surface area contributed by atoms with E-state index in [1.165, 1.54) is 11.9 Å². The van der Waals surface area contributed by atoms with Gasteiger partial charge in [0.15, 0.2) is 0 Å². The van der Waals surface area contributed by atoms with Crippen LogP contribution in [0.15, 0.2) is 85.5 Å². The highest BCUT2D eigenvalue weighted by atomic mass is 16.5. The molecule has 5 heteroatoms. The number of aryl methyl sites for hydroxylation is 1. The van der Waals surface area contributed by atoms with Crippen molar-refractivity contribution in [1.82, 2.24) is 15.3 Å². The third-order valence-corrected chi connectivity index (χ3v) is 5.67. The molecule has 1 amide bonds. The SMILES string of the molecule is Cc1cccc(-c2cccc(C(=O)NCC3Cc4cccc(-c5cncnc5)c4O3)c2)c1. The van der Waals surface area contributed by atoms with E-state index in [-0.39, 0.29) is 12.0 Å². The maximum atomic E-state index is 12.8. The van der Waals surface area contributed by atoms with Gasteiger partial charge in [-0.15, -0.1) is 0 Å². The van der Waals surface area contributed by atoms with Crippen LogP contribution in [-0.4, -0.2) is 28.5 Å². The number of fused-ring (bicyclic) bond motifs is 1. The van der Waals surface area contributed by atoms with Gasteiger partial charge in [-0.3, -0.25) is 4.79 Å². The molecule has 1 aliphatic heterocycles. The molecule has 1 N–H and O–H groups in total. The van der Waals surface area contributed by atoms with Crippen LogP contribution in [0.5, 0.6) is 5.75 Å². The zero-order valence-electron chi connectivity index (χ0n) is 17.8. The van der Waals surface area contributed by atoms with Gasteiger partial charge in [0.2, 0.25) is 0 Å². The number of para-hydroxylation sites is 1. The molecule has 1 atom stereocenters. The Morgan fingerprint density at radius 1 is 0.969 bits per heavy atom. The Morgan fingerprint density at radius 2 is 1.72 bits per heavy atom. The highest BCUT2D eigenvalue weighted by Gasteiger charge is 2.26. The number of benzene rings is 3. The van der Waals surface area contributed by atoms with Gasteiger partial charge >= 0.3 is 0 Å². The normalized spacial score (nSPS) is 14.5. The predicted molar refractivity (Wildman–Crippen MR) is 125 cm³/mol. The summed E-state index contributed by atoms with van der Waals surface area (Å²) in [5.74, 6) is 0.749. The van der Waals surface area contributed by atoms with Crippen LogP contribution >= 0.6 is 0 Å². The second kappa shape index (κ2) is 8.63. The fraction of sp³-hybridized carbons (Fsp3) is 0.148. The van der Waals surface area contributed by atoms with Crippen LogP contribution in [0, 0.1) is 6.92 Å². The largest absolute Gasteiger partial charge is 0.487 e. The van der Waals surface area contributed by atoms with Crippen molar-refractivity contribution >= 4 is 5.91 Å². The number of ether oxygens (including phenoxy) is 1. The Hall–Kier alpha value is -3.99. The molecule has 4 aromatic rings. The molecule has 0 aliphatic carbocycles. The van der Waals surface area contributed by atoms with Gasteiger partial charge in [-0.25, -0.2) is 9.97 Å². The van der Waals surface area contributed by atoms with Gasteiger partial charge < -0.3 is 10.1 Å². The molecule has 0 radical (unpaired) electrons. The van der Waals surface area contributed by atoms with Crippen molar-refractivity contribution in [3.05, 3.63) is 102 Å². The lowest BCUT2D eigenvalue weighted by atomic mass is 10.0.